The van der Waals surface area contributed by atoms with Gasteiger partial charge in [-0.2, -0.15) is 0 Å². The van der Waals surface area contributed by atoms with Crippen LogP contribution in [0, 0.1) is 0 Å². The lowest BCUT2D eigenvalue weighted by molar-refractivity contribution is -0.139. The average Bonchev–Trinajstić information content (AvgIpc) is 2.87. The second-order valence-electron chi connectivity index (χ2n) is 7.94. The summed E-state index contributed by atoms with van der Waals surface area (Å²) in [5.74, 6) is 0.507. The van der Waals surface area contributed by atoms with Crippen LogP contribution in [0.2, 0.25) is 0 Å². The Labute approximate surface area is 194 Å². The Balaban J connectivity index is 1.62. The smallest absolute Gasteiger partial charge is 0.273 e. The van der Waals surface area contributed by atoms with Gasteiger partial charge >= 0.3 is 0 Å². The lowest BCUT2D eigenvalue weighted by Gasteiger charge is -2.40. The number of pyridine rings is 1. The third-order valence-corrected chi connectivity index (χ3v) is 5.86. The SMILES string of the molecule is C=CCN1CCN(C(=O)c2ccccn2)[C@H](Cc2cccc(-c3ccc(OC)cc3)c2)C1=O. The van der Waals surface area contributed by atoms with Crippen LogP contribution in [-0.4, -0.2) is 59.4 Å². The van der Waals surface area contributed by atoms with Gasteiger partial charge in [-0.1, -0.05) is 48.5 Å². The van der Waals surface area contributed by atoms with Crippen LogP contribution >= 0.6 is 0 Å². The van der Waals surface area contributed by atoms with E-state index >= 15 is 0 Å². The molecule has 0 aliphatic carbocycles. The van der Waals surface area contributed by atoms with Gasteiger partial charge in [-0.05, 0) is 41.0 Å². The quantitative estimate of drug-likeness (QED) is 0.523. The molecule has 2 heterocycles. The third kappa shape index (κ3) is 4.95. The second-order valence-corrected chi connectivity index (χ2v) is 7.94. The summed E-state index contributed by atoms with van der Waals surface area (Å²) in [7, 11) is 1.64. The highest BCUT2D eigenvalue weighted by Gasteiger charge is 2.37. The molecule has 0 N–H and O–H groups in total. The molecule has 0 saturated carbocycles. The zero-order valence-electron chi connectivity index (χ0n) is 18.7. The second kappa shape index (κ2) is 10.1. The Bertz CT molecular complexity index is 1130. The molecule has 1 atom stereocenters. The van der Waals surface area contributed by atoms with Gasteiger partial charge in [0.2, 0.25) is 5.91 Å². The van der Waals surface area contributed by atoms with E-state index in [9.17, 15) is 9.59 Å². The Morgan fingerprint density at radius 2 is 1.91 bits per heavy atom. The highest BCUT2D eigenvalue weighted by molar-refractivity contribution is 5.97. The zero-order valence-corrected chi connectivity index (χ0v) is 18.7. The van der Waals surface area contributed by atoms with Crippen LogP contribution in [0.4, 0.5) is 0 Å². The van der Waals surface area contributed by atoms with Gasteiger partial charge in [0.05, 0.1) is 7.11 Å². The van der Waals surface area contributed by atoms with E-state index in [0.717, 1.165) is 22.4 Å². The molecule has 0 radical (unpaired) electrons. The minimum Gasteiger partial charge on any atom is -0.497 e. The molecule has 0 bridgehead atoms. The summed E-state index contributed by atoms with van der Waals surface area (Å²) in [6, 6.07) is 20.6. The molecular formula is C27H27N3O3. The number of benzene rings is 2. The molecular weight excluding hydrogens is 414 g/mol. The first-order chi connectivity index (χ1) is 16.1. The van der Waals surface area contributed by atoms with Gasteiger partial charge in [0, 0.05) is 32.3 Å². The Kier molecular flexibility index (Phi) is 6.83. The molecule has 0 spiro atoms. The van der Waals surface area contributed by atoms with E-state index < -0.39 is 6.04 Å². The van der Waals surface area contributed by atoms with Crippen molar-refractivity contribution in [3.63, 3.8) is 0 Å². The van der Waals surface area contributed by atoms with Gasteiger partial charge in [-0.25, -0.2) is 0 Å². The number of hydrogen-bond acceptors (Lipinski definition) is 4. The first-order valence-corrected chi connectivity index (χ1v) is 11.0. The maximum absolute atomic E-state index is 13.3. The van der Waals surface area contributed by atoms with Crippen LogP contribution in [0.25, 0.3) is 11.1 Å². The van der Waals surface area contributed by atoms with Gasteiger partial charge in [-0.15, -0.1) is 6.58 Å². The normalized spacial score (nSPS) is 15.9. The van der Waals surface area contributed by atoms with Crippen molar-refractivity contribution in [3.8, 4) is 16.9 Å². The zero-order chi connectivity index (χ0) is 23.2. The molecule has 6 nitrogen and oxygen atoms in total. The Morgan fingerprint density at radius 1 is 1.09 bits per heavy atom. The molecule has 1 aromatic heterocycles. The van der Waals surface area contributed by atoms with Gasteiger partial charge in [-0.3, -0.25) is 14.6 Å². The summed E-state index contributed by atoms with van der Waals surface area (Å²) in [5, 5.41) is 0. The number of aromatic nitrogens is 1. The molecule has 4 rings (SSSR count). The standard InChI is InChI=1S/C27H27N3O3/c1-3-15-29-16-17-30(26(31)24-9-4-5-14-28-24)25(27(29)32)19-20-7-6-8-22(18-20)21-10-12-23(33-2)13-11-21/h3-14,18,25H,1,15-17,19H2,2H3/t25-/m1/s1. The van der Waals surface area contributed by atoms with E-state index in [0.29, 0.717) is 31.7 Å². The monoisotopic (exact) mass is 441 g/mol. The van der Waals surface area contributed by atoms with E-state index in [2.05, 4.69) is 17.6 Å². The number of piperazine rings is 1. The Hall–Kier alpha value is -3.93. The summed E-state index contributed by atoms with van der Waals surface area (Å²) < 4.78 is 5.25. The molecule has 1 fully saturated rings. The van der Waals surface area contributed by atoms with E-state index in [1.165, 1.54) is 0 Å². The van der Waals surface area contributed by atoms with Crippen molar-refractivity contribution in [2.75, 3.05) is 26.7 Å². The van der Waals surface area contributed by atoms with E-state index in [4.69, 9.17) is 4.74 Å². The number of hydrogen-bond donors (Lipinski definition) is 0. The summed E-state index contributed by atoms with van der Waals surface area (Å²) >= 11 is 0. The number of ether oxygens (including phenoxy) is 1. The minimum atomic E-state index is -0.598. The van der Waals surface area contributed by atoms with Crippen LogP contribution in [-0.2, 0) is 11.2 Å². The topological polar surface area (TPSA) is 62.7 Å². The number of carbonyl (C=O) groups is 2. The van der Waals surface area contributed by atoms with Crippen molar-refractivity contribution < 1.29 is 14.3 Å². The molecule has 33 heavy (non-hydrogen) atoms. The minimum absolute atomic E-state index is 0.0692. The first kappa shape index (κ1) is 22.3. The van der Waals surface area contributed by atoms with Crippen molar-refractivity contribution in [1.82, 2.24) is 14.8 Å². The van der Waals surface area contributed by atoms with E-state index in [-0.39, 0.29) is 11.8 Å². The fourth-order valence-electron chi connectivity index (χ4n) is 4.14. The van der Waals surface area contributed by atoms with Crippen LogP contribution < -0.4 is 4.74 Å². The number of amides is 2. The molecule has 2 aromatic carbocycles. The summed E-state index contributed by atoms with van der Waals surface area (Å²) in [6.07, 6.45) is 3.74. The molecule has 168 valence electrons. The molecule has 2 amide bonds. The van der Waals surface area contributed by atoms with Crippen molar-refractivity contribution in [2.24, 2.45) is 0 Å². The largest absolute Gasteiger partial charge is 0.497 e. The number of nitrogens with zero attached hydrogens (tertiary/aromatic N) is 3. The van der Waals surface area contributed by atoms with Gasteiger partial charge in [0.25, 0.3) is 5.91 Å². The number of rotatable bonds is 7. The molecule has 1 aliphatic heterocycles. The lowest BCUT2D eigenvalue weighted by atomic mass is 9.97. The summed E-state index contributed by atoms with van der Waals surface area (Å²) in [6.45, 7) is 5.16. The van der Waals surface area contributed by atoms with Crippen LogP contribution in [0.3, 0.4) is 0 Å². The van der Waals surface area contributed by atoms with Gasteiger partial charge < -0.3 is 14.5 Å². The van der Waals surface area contributed by atoms with Gasteiger partial charge in [0.1, 0.15) is 17.5 Å². The molecule has 6 heteroatoms. The molecule has 1 saturated heterocycles. The molecule has 3 aromatic rings. The predicted octanol–water partition coefficient (Wildman–Crippen LogP) is 3.84. The number of carbonyl (C=O) groups excluding carboxylic acids is 2. The van der Waals surface area contributed by atoms with E-state index in [1.54, 1.807) is 47.4 Å². The van der Waals surface area contributed by atoms with Crippen LogP contribution in [0.5, 0.6) is 5.75 Å². The summed E-state index contributed by atoms with van der Waals surface area (Å²) in [4.78, 5) is 34.2. The molecule has 0 unspecified atom stereocenters. The van der Waals surface area contributed by atoms with Gasteiger partial charge in [0.15, 0.2) is 0 Å². The molecule has 1 aliphatic rings. The fraction of sp³-hybridized carbons (Fsp3) is 0.222. The lowest BCUT2D eigenvalue weighted by Crippen LogP contribution is -2.59. The highest BCUT2D eigenvalue weighted by Crippen LogP contribution is 2.25. The van der Waals surface area contributed by atoms with Crippen molar-refractivity contribution in [2.45, 2.75) is 12.5 Å². The van der Waals surface area contributed by atoms with Crippen molar-refractivity contribution in [1.29, 1.82) is 0 Å². The average molecular weight is 442 g/mol. The number of methoxy groups -OCH3 is 1. The highest BCUT2D eigenvalue weighted by atomic mass is 16.5. The van der Waals surface area contributed by atoms with Crippen LogP contribution in [0.15, 0.2) is 85.6 Å². The third-order valence-electron chi connectivity index (χ3n) is 5.86. The van der Waals surface area contributed by atoms with E-state index in [1.807, 2.05) is 42.5 Å². The predicted molar refractivity (Wildman–Crippen MR) is 128 cm³/mol. The maximum Gasteiger partial charge on any atom is 0.273 e. The van der Waals surface area contributed by atoms with Crippen molar-refractivity contribution in [3.05, 3.63) is 96.8 Å². The summed E-state index contributed by atoms with van der Waals surface area (Å²) in [5.41, 5.74) is 3.44. The first-order valence-electron chi connectivity index (χ1n) is 11.0. The Morgan fingerprint density at radius 3 is 2.61 bits per heavy atom. The maximum atomic E-state index is 13.3. The fourth-order valence-corrected chi connectivity index (χ4v) is 4.14. The van der Waals surface area contributed by atoms with Crippen molar-refractivity contribution >= 4 is 11.8 Å². The van der Waals surface area contributed by atoms with Crippen LogP contribution in [0.1, 0.15) is 16.1 Å².